The number of likely N-dealkylation sites (N-methyl/N-ethyl adjacent to an activating group) is 1. The first-order valence-electron chi connectivity index (χ1n) is 7.25. The molecule has 0 bridgehead atoms. The smallest absolute Gasteiger partial charge is 0.283 e. The minimum atomic E-state index is -0.556. The predicted octanol–water partition coefficient (Wildman–Crippen LogP) is 4.11. The fraction of sp³-hybridized carbons (Fsp3) is 0.111. The second kappa shape index (κ2) is 6.30. The molecule has 0 aliphatic carbocycles. The maximum Gasteiger partial charge on any atom is 0.283 e. The molecule has 0 saturated carbocycles. The van der Waals surface area contributed by atoms with Crippen molar-refractivity contribution in [3.05, 3.63) is 69.8 Å². The Balaban J connectivity index is 2.00. The molecule has 1 heterocycles. The van der Waals surface area contributed by atoms with Crippen LogP contribution in [-0.4, -0.2) is 18.9 Å². The Morgan fingerprint density at radius 1 is 0.958 bits per heavy atom. The van der Waals surface area contributed by atoms with Crippen LogP contribution < -0.4 is 9.80 Å². The summed E-state index contributed by atoms with van der Waals surface area (Å²) in [6.45, 7) is 1.85. The third-order valence-electron chi connectivity index (χ3n) is 3.90. The molecule has 2 aromatic rings. The van der Waals surface area contributed by atoms with Gasteiger partial charge in [-0.2, -0.15) is 0 Å². The van der Waals surface area contributed by atoms with Gasteiger partial charge in [0.15, 0.2) is 0 Å². The lowest BCUT2D eigenvalue weighted by atomic mass is 10.2. The van der Waals surface area contributed by atoms with E-state index in [4.69, 9.17) is 23.2 Å². The fourth-order valence-corrected chi connectivity index (χ4v) is 2.99. The number of aryl methyl sites for hydroxylation is 1. The molecule has 4 nitrogen and oxygen atoms in total. The van der Waals surface area contributed by atoms with E-state index in [1.165, 1.54) is 0 Å². The summed E-state index contributed by atoms with van der Waals surface area (Å²) in [4.78, 5) is 28.0. The molecule has 2 amide bonds. The van der Waals surface area contributed by atoms with Gasteiger partial charge in [-0.05, 0) is 36.8 Å². The van der Waals surface area contributed by atoms with Crippen molar-refractivity contribution in [2.75, 3.05) is 16.8 Å². The number of benzene rings is 2. The average Bonchev–Trinajstić information content (AvgIpc) is 2.80. The lowest BCUT2D eigenvalue weighted by molar-refractivity contribution is -0.120. The molecule has 0 atom stereocenters. The van der Waals surface area contributed by atoms with E-state index >= 15 is 0 Å². The van der Waals surface area contributed by atoms with Gasteiger partial charge in [0.25, 0.3) is 11.8 Å². The Morgan fingerprint density at radius 2 is 1.62 bits per heavy atom. The van der Waals surface area contributed by atoms with Crippen molar-refractivity contribution < 1.29 is 9.59 Å². The van der Waals surface area contributed by atoms with E-state index < -0.39 is 11.8 Å². The van der Waals surface area contributed by atoms with Crippen LogP contribution in [0.5, 0.6) is 0 Å². The Bertz CT molecular complexity index is 863. The maximum absolute atomic E-state index is 12.8. The normalized spacial score (nSPS) is 14.6. The first-order valence-corrected chi connectivity index (χ1v) is 8.01. The van der Waals surface area contributed by atoms with Crippen LogP contribution in [0.2, 0.25) is 5.02 Å². The maximum atomic E-state index is 12.8. The van der Waals surface area contributed by atoms with Gasteiger partial charge < -0.3 is 4.90 Å². The summed E-state index contributed by atoms with van der Waals surface area (Å²) in [6, 6.07) is 14.2. The van der Waals surface area contributed by atoms with Crippen LogP contribution in [0.15, 0.2) is 59.3 Å². The van der Waals surface area contributed by atoms with Crippen molar-refractivity contribution in [1.82, 2.24) is 0 Å². The number of carbonyl (C=O) groups excluding carboxylic acids is 2. The molecule has 0 fully saturated rings. The monoisotopic (exact) mass is 360 g/mol. The van der Waals surface area contributed by atoms with Gasteiger partial charge in [0.1, 0.15) is 10.7 Å². The molecule has 1 aliphatic rings. The molecule has 3 rings (SSSR count). The Kier molecular flexibility index (Phi) is 4.35. The Hall–Kier alpha value is -2.30. The van der Waals surface area contributed by atoms with Crippen molar-refractivity contribution in [3.63, 3.8) is 0 Å². The quantitative estimate of drug-likeness (QED) is 0.773. The molecule has 24 heavy (non-hydrogen) atoms. The standard InChI is InChI=1S/C18H14Cl2N2O2/c1-11-8-9-13(10-14(11)19)22-17(23)15(20)16(18(22)24)21(2)12-6-4-3-5-7-12/h3-10H,1-2H3. The highest BCUT2D eigenvalue weighted by molar-refractivity contribution is 6.53. The predicted molar refractivity (Wildman–Crippen MR) is 96.4 cm³/mol. The molecule has 0 saturated heterocycles. The second-order valence-electron chi connectivity index (χ2n) is 5.44. The summed E-state index contributed by atoms with van der Waals surface area (Å²) in [5, 5.41) is 0.372. The number of hydrogen-bond acceptors (Lipinski definition) is 3. The lowest BCUT2D eigenvalue weighted by Crippen LogP contribution is -2.34. The molecular formula is C18H14Cl2N2O2. The van der Waals surface area contributed by atoms with Crippen molar-refractivity contribution in [2.45, 2.75) is 6.92 Å². The highest BCUT2D eigenvalue weighted by Gasteiger charge is 2.40. The van der Waals surface area contributed by atoms with Crippen molar-refractivity contribution >= 4 is 46.4 Å². The minimum Gasteiger partial charge on any atom is -0.339 e. The van der Waals surface area contributed by atoms with E-state index in [-0.39, 0.29) is 10.7 Å². The number of anilines is 2. The van der Waals surface area contributed by atoms with Gasteiger partial charge >= 0.3 is 0 Å². The zero-order chi connectivity index (χ0) is 17.4. The van der Waals surface area contributed by atoms with E-state index in [1.54, 1.807) is 30.1 Å². The number of nitrogens with zero attached hydrogens (tertiary/aromatic N) is 2. The van der Waals surface area contributed by atoms with Crippen LogP contribution in [0.1, 0.15) is 5.56 Å². The summed E-state index contributed by atoms with van der Waals surface area (Å²) in [5.41, 5.74) is 2.16. The molecule has 0 unspecified atom stereocenters. The second-order valence-corrected chi connectivity index (χ2v) is 6.22. The Labute approximate surface area is 149 Å². The minimum absolute atomic E-state index is 0.108. The van der Waals surface area contributed by atoms with Gasteiger partial charge in [0.05, 0.1) is 5.69 Å². The van der Waals surface area contributed by atoms with Gasteiger partial charge in [-0.15, -0.1) is 0 Å². The summed E-state index contributed by atoms with van der Waals surface area (Å²) < 4.78 is 0. The van der Waals surface area contributed by atoms with Crippen LogP contribution in [0.3, 0.4) is 0 Å². The highest BCUT2D eigenvalue weighted by Crippen LogP contribution is 2.34. The molecule has 0 aromatic heterocycles. The fourth-order valence-electron chi connectivity index (χ4n) is 2.52. The number of carbonyl (C=O) groups is 2. The van der Waals surface area contributed by atoms with Gasteiger partial charge in [0.2, 0.25) is 0 Å². The number of amides is 2. The third-order valence-corrected chi connectivity index (χ3v) is 4.64. The summed E-state index contributed by atoms with van der Waals surface area (Å²) in [6.07, 6.45) is 0. The molecule has 6 heteroatoms. The first kappa shape index (κ1) is 16.6. The van der Waals surface area contributed by atoms with Crippen LogP contribution in [-0.2, 0) is 9.59 Å². The third kappa shape index (κ3) is 2.68. The highest BCUT2D eigenvalue weighted by atomic mass is 35.5. The van der Waals surface area contributed by atoms with Crippen LogP contribution in [0.4, 0.5) is 11.4 Å². The number of hydrogen-bond donors (Lipinski definition) is 0. The molecule has 1 aliphatic heterocycles. The zero-order valence-corrected chi connectivity index (χ0v) is 14.6. The zero-order valence-electron chi connectivity index (χ0n) is 13.1. The topological polar surface area (TPSA) is 40.6 Å². The van der Waals surface area contributed by atoms with Gasteiger partial charge in [0, 0.05) is 17.8 Å². The summed E-state index contributed by atoms with van der Waals surface area (Å²) in [7, 11) is 1.70. The van der Waals surface area contributed by atoms with E-state index in [0.717, 1.165) is 16.2 Å². The van der Waals surface area contributed by atoms with Gasteiger partial charge in [-0.25, -0.2) is 4.90 Å². The number of rotatable bonds is 3. The lowest BCUT2D eigenvalue weighted by Gasteiger charge is -2.21. The number of para-hydroxylation sites is 1. The van der Waals surface area contributed by atoms with E-state index in [0.29, 0.717) is 10.7 Å². The molecule has 2 aromatic carbocycles. The van der Waals surface area contributed by atoms with Crippen molar-refractivity contribution in [3.8, 4) is 0 Å². The van der Waals surface area contributed by atoms with E-state index in [2.05, 4.69) is 0 Å². The summed E-state index contributed by atoms with van der Waals surface area (Å²) >= 11 is 12.3. The Morgan fingerprint density at radius 3 is 2.25 bits per heavy atom. The van der Waals surface area contributed by atoms with Crippen molar-refractivity contribution in [1.29, 1.82) is 0 Å². The molecule has 0 radical (unpaired) electrons. The number of imide groups is 1. The van der Waals surface area contributed by atoms with E-state index in [1.807, 2.05) is 37.3 Å². The molecule has 0 spiro atoms. The molecule has 122 valence electrons. The van der Waals surface area contributed by atoms with Crippen LogP contribution in [0.25, 0.3) is 0 Å². The van der Waals surface area contributed by atoms with Crippen molar-refractivity contribution in [2.24, 2.45) is 0 Å². The average molecular weight is 361 g/mol. The van der Waals surface area contributed by atoms with E-state index in [9.17, 15) is 9.59 Å². The molecule has 0 N–H and O–H groups in total. The van der Waals surface area contributed by atoms with Crippen LogP contribution in [0, 0.1) is 6.92 Å². The summed E-state index contributed by atoms with van der Waals surface area (Å²) in [5.74, 6) is -1.03. The first-order chi connectivity index (χ1) is 11.4. The largest absolute Gasteiger partial charge is 0.339 e. The SMILES string of the molecule is Cc1ccc(N2C(=O)C(Cl)=C(N(C)c3ccccc3)C2=O)cc1Cl. The van der Waals surface area contributed by atoms with Gasteiger partial charge in [-0.1, -0.05) is 47.5 Å². The molecular weight excluding hydrogens is 347 g/mol. The van der Waals surface area contributed by atoms with Gasteiger partial charge in [-0.3, -0.25) is 9.59 Å². The number of halogens is 2. The van der Waals surface area contributed by atoms with Crippen LogP contribution >= 0.6 is 23.2 Å².